The Balaban J connectivity index is 1.34. The zero-order valence-corrected chi connectivity index (χ0v) is 24.5. The van der Waals surface area contributed by atoms with Crippen molar-refractivity contribution in [3.8, 4) is 0 Å². The van der Waals surface area contributed by atoms with Gasteiger partial charge in [0, 0.05) is 25.8 Å². The number of nitrogens with zero attached hydrogens (tertiary/aromatic N) is 2. The second-order valence-corrected chi connectivity index (χ2v) is 14.5. The van der Waals surface area contributed by atoms with Crippen molar-refractivity contribution in [3.05, 3.63) is 35.4 Å². The highest BCUT2D eigenvalue weighted by Gasteiger charge is 2.44. The number of aromatic nitrogens is 1. The Bertz CT molecular complexity index is 1260. The molecule has 2 unspecified atom stereocenters. The van der Waals surface area contributed by atoms with Crippen LogP contribution in [-0.4, -0.2) is 111 Å². The van der Waals surface area contributed by atoms with Gasteiger partial charge in [-0.05, 0) is 36.6 Å². The van der Waals surface area contributed by atoms with Gasteiger partial charge in [-0.1, -0.05) is 6.07 Å². The number of esters is 1. The van der Waals surface area contributed by atoms with E-state index in [0.29, 0.717) is 18.6 Å². The molecule has 1 aromatic rings. The van der Waals surface area contributed by atoms with Gasteiger partial charge in [0.15, 0.2) is 11.9 Å². The van der Waals surface area contributed by atoms with Crippen LogP contribution in [0.4, 0.5) is 5.82 Å². The van der Waals surface area contributed by atoms with Crippen molar-refractivity contribution in [2.24, 2.45) is 0 Å². The Morgan fingerprint density at radius 2 is 1.81 bits per heavy atom. The number of aliphatic hydroxyl groups excluding tert-OH is 3. The molecule has 2 aliphatic rings. The van der Waals surface area contributed by atoms with Crippen LogP contribution < -0.4 is 5.32 Å². The topological polar surface area (TPSA) is 274 Å². The first kappa shape index (κ1) is 34.0. The van der Waals surface area contributed by atoms with Crippen LogP contribution in [0.5, 0.6) is 0 Å². The van der Waals surface area contributed by atoms with Gasteiger partial charge >= 0.3 is 21.2 Å². The van der Waals surface area contributed by atoms with Gasteiger partial charge in [-0.3, -0.25) is 23.6 Å². The molecular weight excluding hydrogens is 624 g/mol. The molecule has 0 radical (unpaired) electrons. The average molecular weight is 656 g/mol. The van der Waals surface area contributed by atoms with Gasteiger partial charge in [0.05, 0.1) is 11.9 Å². The maximum absolute atomic E-state index is 12.7. The second-order valence-electron chi connectivity index (χ2n) is 9.35. The number of ether oxygens (including phenoxy) is 2. The molecule has 1 saturated heterocycles. The highest BCUT2D eigenvalue weighted by molar-refractivity contribution is 8.00. The molecule has 42 heavy (non-hydrogen) atoms. The van der Waals surface area contributed by atoms with Crippen LogP contribution in [0.2, 0.25) is 0 Å². The molecule has 1 aromatic heterocycles. The van der Waals surface area contributed by atoms with Crippen molar-refractivity contribution in [1.82, 2.24) is 9.88 Å². The Hall–Kier alpha value is -2.53. The van der Waals surface area contributed by atoms with Crippen LogP contribution in [0, 0.1) is 0 Å². The molecule has 3 rings (SSSR count). The number of carbonyl (C=O) groups is 3. The van der Waals surface area contributed by atoms with Gasteiger partial charge in [-0.15, -0.1) is 11.8 Å². The smallest absolute Gasteiger partial charge is 0.377 e. The first-order valence-electron chi connectivity index (χ1n) is 12.5. The average Bonchev–Trinajstić information content (AvgIpc) is 3.32. The first-order chi connectivity index (χ1) is 19.6. The summed E-state index contributed by atoms with van der Waals surface area (Å²) in [6.07, 6.45) is -0.00982. The molecule has 0 aromatic carbocycles. The molecule has 8 N–H and O–H groups in total. The number of nitrogens with one attached hydrogen (secondary N) is 1. The number of thioether (sulfide) groups is 1. The highest BCUT2D eigenvalue weighted by Crippen LogP contribution is 2.59. The third-order valence-electron chi connectivity index (χ3n) is 6.12. The third kappa shape index (κ3) is 8.99. The molecule has 2 amide bonds. The number of hydrogen-bond donors (Lipinski definition) is 8. The van der Waals surface area contributed by atoms with Crippen LogP contribution in [0.25, 0.3) is 0 Å². The maximum Gasteiger partial charge on any atom is 0.377 e. The Kier molecular flexibility index (Phi) is 11.6. The second kappa shape index (κ2) is 14.3. The quantitative estimate of drug-likeness (QED) is 0.0501. The fourth-order valence-corrected chi connectivity index (χ4v) is 7.31. The number of carbonyl (C=O) groups excluding carboxylic acids is 3. The van der Waals surface area contributed by atoms with Crippen molar-refractivity contribution in [3.63, 3.8) is 0 Å². The van der Waals surface area contributed by atoms with E-state index in [1.54, 1.807) is 6.07 Å². The summed E-state index contributed by atoms with van der Waals surface area (Å²) in [7, 11) is -10.3. The van der Waals surface area contributed by atoms with E-state index < -0.39 is 55.7 Å². The highest BCUT2D eigenvalue weighted by atomic mass is 32.2. The molecule has 234 valence electrons. The van der Waals surface area contributed by atoms with E-state index in [2.05, 4.69) is 15.0 Å². The van der Waals surface area contributed by atoms with Crippen LogP contribution in [0.3, 0.4) is 0 Å². The molecule has 1 fully saturated rings. The number of cyclic esters (lactones) is 1. The van der Waals surface area contributed by atoms with Crippen molar-refractivity contribution in [2.75, 3.05) is 30.8 Å². The predicted octanol–water partition coefficient (Wildman–Crippen LogP) is -0.0536. The summed E-state index contributed by atoms with van der Waals surface area (Å²) < 4.78 is 32.7. The van der Waals surface area contributed by atoms with Gasteiger partial charge in [0.2, 0.25) is 23.1 Å². The predicted molar refractivity (Wildman–Crippen MR) is 145 cm³/mol. The lowest BCUT2D eigenvalue weighted by Crippen LogP contribution is -2.34. The summed E-state index contributed by atoms with van der Waals surface area (Å²) in [6.45, 7) is -0.164. The fraction of sp³-hybridized carbons (Fsp3) is 0.545. The lowest BCUT2D eigenvalue weighted by molar-refractivity contribution is -0.148. The van der Waals surface area contributed by atoms with Crippen molar-refractivity contribution < 1.29 is 67.9 Å². The lowest BCUT2D eigenvalue weighted by atomic mass is 10.2. The minimum Gasteiger partial charge on any atom is -0.505 e. The van der Waals surface area contributed by atoms with Crippen LogP contribution in [0.15, 0.2) is 29.8 Å². The molecule has 2 aliphatic heterocycles. The number of aryl methyl sites for hydroxylation is 1. The summed E-state index contributed by atoms with van der Waals surface area (Å²) in [4.78, 5) is 78.0. The molecule has 17 nitrogen and oxygen atoms in total. The lowest BCUT2D eigenvalue weighted by Gasteiger charge is -2.21. The fourth-order valence-electron chi connectivity index (χ4n) is 4.02. The zero-order valence-electron chi connectivity index (χ0n) is 21.9. The Labute approximate surface area is 243 Å². The number of hydrogen-bond acceptors (Lipinski definition) is 13. The van der Waals surface area contributed by atoms with Crippen LogP contribution in [-0.2, 0) is 39.4 Å². The van der Waals surface area contributed by atoms with E-state index >= 15 is 0 Å². The van der Waals surface area contributed by atoms with E-state index in [4.69, 9.17) is 4.74 Å². The summed E-state index contributed by atoms with van der Waals surface area (Å²) >= 11 is 1.33. The molecule has 0 aliphatic carbocycles. The van der Waals surface area contributed by atoms with Crippen molar-refractivity contribution in [1.29, 1.82) is 0 Å². The van der Waals surface area contributed by atoms with Gasteiger partial charge in [0.25, 0.3) is 0 Å². The Morgan fingerprint density at radius 3 is 2.38 bits per heavy atom. The van der Waals surface area contributed by atoms with E-state index in [-0.39, 0.29) is 50.2 Å². The van der Waals surface area contributed by atoms with E-state index in [1.807, 2.05) is 0 Å². The third-order valence-corrected chi connectivity index (χ3v) is 10.8. The zero-order chi connectivity index (χ0) is 31.2. The maximum atomic E-state index is 12.7. The number of rotatable bonds is 16. The van der Waals surface area contributed by atoms with Crippen molar-refractivity contribution in [2.45, 2.75) is 48.7 Å². The number of imide groups is 1. The first-order valence-corrected chi connectivity index (χ1v) is 16.9. The molecule has 20 heteroatoms. The van der Waals surface area contributed by atoms with Crippen molar-refractivity contribution >= 4 is 50.6 Å². The van der Waals surface area contributed by atoms with Gasteiger partial charge < -0.3 is 49.7 Å². The van der Waals surface area contributed by atoms with Crippen LogP contribution in [0.1, 0.15) is 24.8 Å². The minimum absolute atomic E-state index is 0.0491. The van der Waals surface area contributed by atoms with Crippen LogP contribution >= 0.6 is 27.0 Å². The summed E-state index contributed by atoms with van der Waals surface area (Å²) in [5.74, 6) is -3.14. The molecule has 3 atom stereocenters. The number of amides is 2. The van der Waals surface area contributed by atoms with Gasteiger partial charge in [0.1, 0.15) is 11.9 Å². The van der Waals surface area contributed by atoms with Gasteiger partial charge in [-0.2, -0.15) is 0 Å². The molecule has 0 spiro atoms. The normalized spacial score (nSPS) is 20.5. The molecular formula is C22H31N3O14P2S. The minimum atomic E-state index is -5.16. The number of anilines is 1. The molecule has 0 bridgehead atoms. The van der Waals surface area contributed by atoms with E-state index in [0.717, 1.165) is 10.5 Å². The molecule has 0 saturated carbocycles. The number of pyridine rings is 1. The standard InChI is InChI=1S/C22H31N3O14P2S/c26-13(19-17(28)18(29)21(31)39-19)11-38-7-2-6-25-16(27)9-14(20(25)30)42-8-1-3-12-4-5-15(23-10-12)24-22(40(32,33)34)41(35,36)37/h4-5,10,13-14,19,22,26,28-29H,1-3,6-9,11H2,(H,23,24)(H2,32,33,34)(H2,35,36,37)/t13-,14?,19?/m0/s1. The monoisotopic (exact) mass is 655 g/mol. The number of aliphatic hydroxyl groups is 3. The van der Waals surface area contributed by atoms with Gasteiger partial charge in [-0.25, -0.2) is 9.78 Å². The Morgan fingerprint density at radius 1 is 1.12 bits per heavy atom. The summed E-state index contributed by atoms with van der Waals surface area (Å²) in [5.41, 5.74) is -1.68. The SMILES string of the molecule is O=C1OC([C@@H](O)COCCCN2C(=O)CC(SCCCc3ccc(NC(P(=O)(O)O)P(=O)(O)O)nc3)C2=O)C(O)=C1O. The van der Waals surface area contributed by atoms with E-state index in [9.17, 15) is 58.4 Å². The molecule has 3 heterocycles. The van der Waals surface area contributed by atoms with E-state index in [1.165, 1.54) is 24.0 Å². The number of likely N-dealkylation sites (tertiary alicyclic amines) is 1. The summed E-state index contributed by atoms with van der Waals surface area (Å²) in [6, 6.07) is 2.91. The summed E-state index contributed by atoms with van der Waals surface area (Å²) in [5, 5.41) is 30.4. The largest absolute Gasteiger partial charge is 0.505 e.